The summed E-state index contributed by atoms with van der Waals surface area (Å²) in [4.78, 5) is 0. The predicted molar refractivity (Wildman–Crippen MR) is 102 cm³/mol. The lowest BCUT2D eigenvalue weighted by Crippen LogP contribution is -2.37. The average molecular weight is 322 g/mol. The number of hydrogen-bond donors (Lipinski definition) is 0. The monoisotopic (exact) mass is 322 g/mol. The van der Waals surface area contributed by atoms with Gasteiger partial charge in [-0.05, 0) is 29.2 Å². The van der Waals surface area contributed by atoms with Crippen molar-refractivity contribution >= 4 is 11.6 Å². The van der Waals surface area contributed by atoms with Crippen molar-refractivity contribution in [3.63, 3.8) is 0 Å². The maximum atomic E-state index is 2.46. The number of nitrogens with zero attached hydrogens (tertiary/aromatic N) is 1. The van der Waals surface area contributed by atoms with Crippen LogP contribution in [0.2, 0.25) is 0 Å². The third-order valence-electron chi connectivity index (χ3n) is 5.29. The van der Waals surface area contributed by atoms with Gasteiger partial charge in [0.15, 0.2) is 12.7 Å². The number of allylic oxidation sites excluding steroid dienone is 3. The molecule has 0 saturated carbocycles. The van der Waals surface area contributed by atoms with Crippen molar-refractivity contribution in [2.75, 3.05) is 0 Å². The third kappa shape index (κ3) is 2.53. The Morgan fingerprint density at radius 3 is 2.40 bits per heavy atom. The highest BCUT2D eigenvalue weighted by Crippen LogP contribution is 2.46. The number of pyridine rings is 1. The summed E-state index contributed by atoms with van der Waals surface area (Å²) in [5.41, 5.74) is 8.40. The van der Waals surface area contributed by atoms with Gasteiger partial charge in [-0.2, -0.15) is 4.57 Å². The zero-order valence-corrected chi connectivity index (χ0v) is 14.1. The standard InChI is InChI=1S/C24H20N/c1-3-8-18(9-4-1)17-25-13-7-12-22-23-15-20(14-21(23)16-24(22)25)19-10-5-2-6-11-19/h1-13,15-16,20H,14,17H2/q+1. The molecule has 1 heteroatoms. The Morgan fingerprint density at radius 1 is 0.840 bits per heavy atom. The first-order chi connectivity index (χ1) is 12.4. The number of hydrogen-bond acceptors (Lipinski definition) is 0. The summed E-state index contributed by atoms with van der Waals surface area (Å²) >= 11 is 0. The molecule has 0 saturated heterocycles. The van der Waals surface area contributed by atoms with Gasteiger partial charge in [-0.1, -0.05) is 66.7 Å². The van der Waals surface area contributed by atoms with Gasteiger partial charge in [0.1, 0.15) is 0 Å². The first-order valence-electron chi connectivity index (χ1n) is 8.93. The van der Waals surface area contributed by atoms with Crippen LogP contribution >= 0.6 is 0 Å². The molecule has 1 unspecified atom stereocenters. The molecule has 1 aromatic heterocycles. The molecule has 0 aliphatic heterocycles. The molecule has 0 fully saturated rings. The molecule has 1 nitrogen and oxygen atoms in total. The Balaban J connectivity index is 1.51. The molecule has 120 valence electrons. The Bertz CT molecular complexity index is 981. The van der Waals surface area contributed by atoms with Gasteiger partial charge in [-0.25, -0.2) is 0 Å². The van der Waals surface area contributed by atoms with E-state index in [4.69, 9.17) is 0 Å². The Kier molecular flexibility index (Phi) is 3.38. The topological polar surface area (TPSA) is 3.88 Å². The van der Waals surface area contributed by atoms with E-state index in [2.05, 4.69) is 95.7 Å². The molecule has 2 aliphatic carbocycles. The predicted octanol–water partition coefficient (Wildman–Crippen LogP) is 4.99. The SMILES string of the molecule is C1=C2CC(c3ccccc3)C=C2c2ccc[n+](Cc3ccccc3)c21. The van der Waals surface area contributed by atoms with Crippen LogP contribution in [0.3, 0.4) is 0 Å². The molecule has 0 amide bonds. The normalized spacial score (nSPS) is 17.7. The maximum absolute atomic E-state index is 2.46. The van der Waals surface area contributed by atoms with E-state index in [-0.39, 0.29) is 0 Å². The number of fused-ring (bicyclic) bond motifs is 3. The summed E-state index contributed by atoms with van der Waals surface area (Å²) in [5.74, 6) is 0.512. The van der Waals surface area contributed by atoms with Gasteiger partial charge < -0.3 is 0 Å². The van der Waals surface area contributed by atoms with Gasteiger partial charge in [0, 0.05) is 23.6 Å². The van der Waals surface area contributed by atoms with Crippen molar-refractivity contribution < 1.29 is 4.57 Å². The fraction of sp³-hybridized carbons (Fsp3) is 0.125. The van der Waals surface area contributed by atoms with Crippen LogP contribution in [-0.2, 0) is 6.54 Å². The summed E-state index contributed by atoms with van der Waals surface area (Å²) in [6.07, 6.45) is 8.16. The lowest BCUT2D eigenvalue weighted by molar-refractivity contribution is -0.690. The molecular formula is C24H20N+. The van der Waals surface area contributed by atoms with Crippen molar-refractivity contribution in [3.8, 4) is 0 Å². The number of aromatic nitrogens is 1. The zero-order chi connectivity index (χ0) is 16.6. The summed E-state index contributed by atoms with van der Waals surface area (Å²) in [7, 11) is 0. The van der Waals surface area contributed by atoms with Crippen molar-refractivity contribution in [2.24, 2.45) is 0 Å². The first-order valence-corrected chi connectivity index (χ1v) is 8.93. The summed E-state index contributed by atoms with van der Waals surface area (Å²) < 4.78 is 2.37. The Morgan fingerprint density at radius 2 is 1.60 bits per heavy atom. The third-order valence-corrected chi connectivity index (χ3v) is 5.29. The minimum atomic E-state index is 0.512. The fourth-order valence-corrected chi connectivity index (χ4v) is 4.06. The molecule has 3 aromatic rings. The summed E-state index contributed by atoms with van der Waals surface area (Å²) in [5, 5.41) is 0. The van der Waals surface area contributed by atoms with Crippen LogP contribution in [0.4, 0.5) is 0 Å². The molecule has 2 aromatic carbocycles. The Labute approximate surface area is 148 Å². The van der Waals surface area contributed by atoms with Crippen LogP contribution in [0.15, 0.2) is 90.6 Å². The molecule has 1 heterocycles. The highest BCUT2D eigenvalue weighted by molar-refractivity contribution is 5.95. The zero-order valence-electron chi connectivity index (χ0n) is 14.1. The van der Waals surface area contributed by atoms with Gasteiger partial charge >= 0.3 is 0 Å². The second-order valence-electron chi connectivity index (χ2n) is 6.89. The van der Waals surface area contributed by atoms with E-state index in [1.807, 2.05) is 0 Å². The maximum Gasteiger partial charge on any atom is 0.213 e. The van der Waals surface area contributed by atoms with E-state index in [0.717, 1.165) is 13.0 Å². The molecule has 0 bridgehead atoms. The van der Waals surface area contributed by atoms with E-state index >= 15 is 0 Å². The van der Waals surface area contributed by atoms with Crippen molar-refractivity contribution in [1.82, 2.24) is 0 Å². The van der Waals surface area contributed by atoms with Gasteiger partial charge in [-0.15, -0.1) is 0 Å². The average Bonchev–Trinajstić information content (AvgIpc) is 3.22. The molecule has 0 N–H and O–H groups in total. The minimum Gasteiger partial charge on any atom is -0.194 e. The highest BCUT2D eigenvalue weighted by atomic mass is 15.0. The molecule has 25 heavy (non-hydrogen) atoms. The van der Waals surface area contributed by atoms with E-state index in [1.54, 1.807) is 0 Å². The van der Waals surface area contributed by atoms with Crippen LogP contribution in [0, 0.1) is 0 Å². The molecule has 0 spiro atoms. The van der Waals surface area contributed by atoms with E-state index in [1.165, 1.54) is 33.5 Å². The van der Waals surface area contributed by atoms with Crippen molar-refractivity contribution in [2.45, 2.75) is 18.9 Å². The van der Waals surface area contributed by atoms with Gasteiger partial charge in [-0.3, -0.25) is 0 Å². The van der Waals surface area contributed by atoms with Crippen LogP contribution < -0.4 is 4.57 Å². The van der Waals surface area contributed by atoms with Crippen molar-refractivity contribution in [1.29, 1.82) is 0 Å². The van der Waals surface area contributed by atoms with Crippen LogP contribution in [0.25, 0.3) is 11.6 Å². The highest BCUT2D eigenvalue weighted by Gasteiger charge is 2.32. The lowest BCUT2D eigenvalue weighted by Gasteiger charge is -2.07. The minimum absolute atomic E-state index is 0.512. The van der Waals surface area contributed by atoms with E-state index < -0.39 is 0 Å². The summed E-state index contributed by atoms with van der Waals surface area (Å²) in [6, 6.07) is 26.0. The van der Waals surface area contributed by atoms with Crippen LogP contribution in [0.1, 0.15) is 34.7 Å². The van der Waals surface area contributed by atoms with Crippen molar-refractivity contribution in [3.05, 3.63) is 113 Å². The smallest absolute Gasteiger partial charge is 0.194 e. The van der Waals surface area contributed by atoms with Gasteiger partial charge in [0.05, 0.1) is 5.56 Å². The molecule has 0 radical (unpaired) electrons. The van der Waals surface area contributed by atoms with E-state index in [0.29, 0.717) is 5.92 Å². The number of rotatable bonds is 3. The fourth-order valence-electron chi connectivity index (χ4n) is 4.06. The molecule has 2 aliphatic rings. The van der Waals surface area contributed by atoms with Crippen LogP contribution in [-0.4, -0.2) is 0 Å². The quantitative estimate of drug-likeness (QED) is 0.598. The molecular weight excluding hydrogens is 302 g/mol. The molecule has 5 rings (SSSR count). The van der Waals surface area contributed by atoms with Gasteiger partial charge in [0.25, 0.3) is 0 Å². The summed E-state index contributed by atoms with van der Waals surface area (Å²) in [6.45, 7) is 0.920. The Hall–Kier alpha value is -2.93. The number of benzene rings is 2. The van der Waals surface area contributed by atoms with E-state index in [9.17, 15) is 0 Å². The van der Waals surface area contributed by atoms with Crippen LogP contribution in [0.5, 0.6) is 0 Å². The van der Waals surface area contributed by atoms with Gasteiger partial charge in [0.2, 0.25) is 5.69 Å². The second-order valence-corrected chi connectivity index (χ2v) is 6.89. The molecule has 1 atom stereocenters. The second kappa shape index (κ2) is 5.86. The largest absolute Gasteiger partial charge is 0.213 e. The lowest BCUT2D eigenvalue weighted by atomic mass is 9.98. The first kappa shape index (κ1) is 14.4.